The van der Waals surface area contributed by atoms with Gasteiger partial charge in [-0.1, -0.05) is 19.6 Å². The Morgan fingerprint density at radius 3 is 2.59 bits per heavy atom. The first-order chi connectivity index (χ1) is 19.3. The van der Waals surface area contributed by atoms with Crippen LogP contribution in [0.25, 0.3) is 11.0 Å². The fraction of sp³-hybridized carbons (Fsp3) is 0.481. The van der Waals surface area contributed by atoms with E-state index in [9.17, 15) is 26.7 Å². The Hall–Kier alpha value is -3.23. The molecule has 1 atom stereocenters. The summed E-state index contributed by atoms with van der Waals surface area (Å²) in [5.41, 5.74) is -1.38. The van der Waals surface area contributed by atoms with Crippen LogP contribution in [0.3, 0.4) is 0 Å². The van der Waals surface area contributed by atoms with Crippen molar-refractivity contribution in [3.63, 3.8) is 0 Å². The summed E-state index contributed by atoms with van der Waals surface area (Å²) in [6, 6.07) is 2.90. The topological polar surface area (TPSA) is 86.6 Å². The second kappa shape index (κ2) is 12.7. The van der Waals surface area contributed by atoms with Crippen LogP contribution in [0.2, 0.25) is 25.7 Å². The van der Waals surface area contributed by atoms with Gasteiger partial charge >= 0.3 is 12.2 Å². The molecule has 2 aromatic heterocycles. The highest BCUT2D eigenvalue weighted by atomic mass is 28.3. The summed E-state index contributed by atoms with van der Waals surface area (Å²) in [4.78, 5) is 16.3. The predicted octanol–water partition coefficient (Wildman–Crippen LogP) is 6.99. The summed E-state index contributed by atoms with van der Waals surface area (Å²) in [6.45, 7) is 8.16. The number of alkyl halides is 3. The molecule has 1 unspecified atom stereocenters. The van der Waals surface area contributed by atoms with Crippen molar-refractivity contribution in [2.75, 3.05) is 31.7 Å². The van der Waals surface area contributed by atoms with Crippen LogP contribution in [0.1, 0.15) is 18.4 Å². The molecule has 224 valence electrons. The monoisotopic (exact) mass is 600 g/mol. The van der Waals surface area contributed by atoms with Crippen molar-refractivity contribution in [2.24, 2.45) is 5.92 Å². The molecule has 3 aromatic rings. The maximum Gasteiger partial charge on any atom is 0.418 e. The lowest BCUT2D eigenvalue weighted by atomic mass is 10.0. The molecule has 0 spiro atoms. The molecular weight excluding hydrogens is 567 g/mol. The van der Waals surface area contributed by atoms with Crippen molar-refractivity contribution in [2.45, 2.75) is 51.4 Å². The maximum atomic E-state index is 15.0. The van der Waals surface area contributed by atoms with Crippen molar-refractivity contribution in [3.8, 4) is 11.5 Å². The fourth-order valence-electron chi connectivity index (χ4n) is 4.35. The Balaban J connectivity index is 1.53. The third-order valence-electron chi connectivity index (χ3n) is 6.53. The zero-order chi connectivity index (χ0) is 29.8. The van der Waals surface area contributed by atoms with Crippen LogP contribution in [0.15, 0.2) is 30.6 Å². The number of amides is 2. The molecule has 2 amide bonds. The number of urea groups is 1. The molecule has 4 rings (SSSR count). The summed E-state index contributed by atoms with van der Waals surface area (Å²) in [5.74, 6) is -3.64. The molecule has 2 N–H and O–H groups in total. The van der Waals surface area contributed by atoms with Crippen LogP contribution in [0, 0.1) is 17.6 Å². The molecule has 14 heteroatoms. The summed E-state index contributed by atoms with van der Waals surface area (Å²) < 4.78 is 89.4. The zero-order valence-corrected chi connectivity index (χ0v) is 24.0. The van der Waals surface area contributed by atoms with Crippen molar-refractivity contribution in [1.82, 2.24) is 14.9 Å². The Bertz CT molecular complexity index is 1350. The van der Waals surface area contributed by atoms with E-state index >= 15 is 0 Å². The van der Waals surface area contributed by atoms with Crippen LogP contribution in [-0.4, -0.2) is 50.0 Å². The summed E-state index contributed by atoms with van der Waals surface area (Å²) in [7, 11) is -1.41. The Labute approximate surface area is 235 Å². The number of hydrogen-bond donors (Lipinski definition) is 2. The maximum absolute atomic E-state index is 15.0. The lowest BCUT2D eigenvalue weighted by molar-refractivity contribution is -0.136. The van der Waals surface area contributed by atoms with Gasteiger partial charge in [0.1, 0.15) is 18.1 Å². The van der Waals surface area contributed by atoms with Gasteiger partial charge in [0.25, 0.3) is 0 Å². The molecule has 1 aliphatic rings. The molecule has 1 saturated heterocycles. The van der Waals surface area contributed by atoms with Gasteiger partial charge in [-0.2, -0.15) is 13.2 Å². The predicted molar refractivity (Wildman–Crippen MR) is 146 cm³/mol. The number of aromatic nitrogens is 2. The molecule has 41 heavy (non-hydrogen) atoms. The normalized spacial score (nSPS) is 16.1. The molecule has 1 aromatic carbocycles. The van der Waals surface area contributed by atoms with E-state index < -0.39 is 54.4 Å². The summed E-state index contributed by atoms with van der Waals surface area (Å²) in [5, 5.41) is 4.52. The molecule has 0 aliphatic carbocycles. The second-order valence-electron chi connectivity index (χ2n) is 11.2. The molecule has 1 fully saturated rings. The minimum absolute atomic E-state index is 0.109. The van der Waals surface area contributed by atoms with E-state index in [4.69, 9.17) is 14.2 Å². The smallest absolute Gasteiger partial charge is 0.418 e. The van der Waals surface area contributed by atoms with Crippen molar-refractivity contribution < 1.29 is 41.0 Å². The number of rotatable bonds is 10. The average Bonchev–Trinajstić information content (AvgIpc) is 3.28. The van der Waals surface area contributed by atoms with E-state index in [1.165, 1.54) is 10.8 Å². The minimum atomic E-state index is -4.80. The van der Waals surface area contributed by atoms with Gasteiger partial charge in [-0.15, -0.1) is 0 Å². The van der Waals surface area contributed by atoms with Gasteiger partial charge in [0, 0.05) is 58.0 Å². The number of ether oxygens (including phenoxy) is 3. The van der Waals surface area contributed by atoms with Gasteiger partial charge < -0.3 is 29.4 Å². The fourth-order valence-corrected chi connectivity index (χ4v) is 5.10. The van der Waals surface area contributed by atoms with Crippen LogP contribution in [0.5, 0.6) is 11.5 Å². The SMILES string of the molecule is C[Si](C)(C)CCOCn1cc(C(F)(F)F)c2c(Oc3c(F)cc(NC(=O)NCC4CCCOC4)cc3F)ccnc21. The zero-order valence-electron chi connectivity index (χ0n) is 23.0. The van der Waals surface area contributed by atoms with Gasteiger partial charge in [0.2, 0.25) is 0 Å². The number of carbonyl (C=O) groups excluding carboxylic acids is 1. The molecule has 0 saturated carbocycles. The first kappa shape index (κ1) is 30.7. The van der Waals surface area contributed by atoms with E-state index in [2.05, 4.69) is 35.3 Å². The number of nitrogens with one attached hydrogen (secondary N) is 2. The molecular formula is C27H33F5N4O4Si. The molecule has 8 nitrogen and oxygen atoms in total. The highest BCUT2D eigenvalue weighted by Gasteiger charge is 2.37. The molecule has 0 bridgehead atoms. The highest BCUT2D eigenvalue weighted by molar-refractivity contribution is 6.76. The molecule has 1 aliphatic heterocycles. The molecule has 3 heterocycles. The van der Waals surface area contributed by atoms with Gasteiger partial charge in [-0.3, -0.25) is 0 Å². The van der Waals surface area contributed by atoms with E-state index in [-0.39, 0.29) is 24.0 Å². The third kappa shape index (κ3) is 8.17. The first-order valence-electron chi connectivity index (χ1n) is 13.2. The number of carbonyl (C=O) groups is 1. The average molecular weight is 601 g/mol. The largest absolute Gasteiger partial charge is 0.450 e. The Kier molecular flexibility index (Phi) is 9.54. The Morgan fingerprint density at radius 2 is 1.95 bits per heavy atom. The Morgan fingerprint density at radius 1 is 1.22 bits per heavy atom. The van der Waals surface area contributed by atoms with Crippen LogP contribution >= 0.6 is 0 Å². The number of anilines is 1. The van der Waals surface area contributed by atoms with Gasteiger partial charge in [-0.25, -0.2) is 18.6 Å². The van der Waals surface area contributed by atoms with Crippen LogP contribution in [-0.2, 0) is 22.4 Å². The number of benzene rings is 1. The summed E-state index contributed by atoms with van der Waals surface area (Å²) in [6.07, 6.45) is -0.994. The van der Waals surface area contributed by atoms with Crippen molar-refractivity contribution >= 4 is 30.8 Å². The first-order valence-corrected chi connectivity index (χ1v) is 16.9. The number of halogens is 5. The van der Waals surface area contributed by atoms with Crippen molar-refractivity contribution in [1.29, 1.82) is 0 Å². The second-order valence-corrected chi connectivity index (χ2v) is 16.8. The highest BCUT2D eigenvalue weighted by Crippen LogP contribution is 2.42. The third-order valence-corrected chi connectivity index (χ3v) is 8.23. The number of fused-ring (bicyclic) bond motifs is 1. The number of pyridine rings is 1. The van der Waals surface area contributed by atoms with Gasteiger partial charge in [-0.05, 0) is 30.9 Å². The van der Waals surface area contributed by atoms with E-state index in [0.29, 0.717) is 26.4 Å². The quantitative estimate of drug-likeness (QED) is 0.149. The number of nitrogens with zero attached hydrogens (tertiary/aromatic N) is 2. The van der Waals surface area contributed by atoms with Gasteiger partial charge in [0.05, 0.1) is 17.6 Å². The van der Waals surface area contributed by atoms with E-state index in [1.54, 1.807) is 0 Å². The van der Waals surface area contributed by atoms with Crippen molar-refractivity contribution in [3.05, 3.63) is 47.8 Å². The molecule has 0 radical (unpaired) electrons. The van der Waals surface area contributed by atoms with Crippen LogP contribution < -0.4 is 15.4 Å². The number of hydrogen-bond acceptors (Lipinski definition) is 5. The summed E-state index contributed by atoms with van der Waals surface area (Å²) >= 11 is 0. The minimum Gasteiger partial charge on any atom is -0.450 e. The van der Waals surface area contributed by atoms with E-state index in [1.807, 2.05) is 0 Å². The lowest BCUT2D eigenvalue weighted by Crippen LogP contribution is -2.35. The van der Waals surface area contributed by atoms with Gasteiger partial charge in [0.15, 0.2) is 17.4 Å². The lowest BCUT2D eigenvalue weighted by Gasteiger charge is -2.22. The van der Waals surface area contributed by atoms with Crippen LogP contribution in [0.4, 0.5) is 32.4 Å². The standard InChI is InChI=1S/C27H33F5N4O4Si/c1-41(2,3)10-9-39-16-36-14-19(27(30,31)32)23-22(6-7-33-25(23)36)40-24-20(28)11-18(12-21(24)29)35-26(37)34-13-17-5-4-8-38-15-17/h6-7,11-12,14,17H,4-5,8-10,13,15-16H2,1-3H3,(H2,34,35,37). The van der Waals surface area contributed by atoms with E-state index in [0.717, 1.165) is 43.3 Å².